The highest BCUT2D eigenvalue weighted by atomic mass is 16.5. The van der Waals surface area contributed by atoms with Crippen molar-refractivity contribution in [1.82, 2.24) is 0 Å². The highest BCUT2D eigenvalue weighted by Gasteiger charge is 2.32. The summed E-state index contributed by atoms with van der Waals surface area (Å²) in [4.78, 5) is 27.6. The molecule has 2 amide bonds. The molecule has 1 aliphatic rings. The number of para-hydroxylation sites is 2. The van der Waals surface area contributed by atoms with Gasteiger partial charge in [-0.05, 0) is 19.1 Å². The number of ether oxygens (including phenoxy) is 1. The third-order valence-corrected chi connectivity index (χ3v) is 3.48. The number of benzene rings is 1. The standard InChI is InChI=1S/C15H20N2O3/c1-11-10-16(15(19)8-9-20-3)13-6-4-5-7-14(13)17(11)12(2)18/h4-7,11H,8-10H2,1-3H3. The number of fused-ring (bicyclic) bond motifs is 1. The molecule has 0 bridgehead atoms. The first-order valence-corrected chi connectivity index (χ1v) is 6.74. The second-order valence-electron chi connectivity index (χ2n) is 4.97. The number of carbonyl (C=O) groups is 2. The van der Waals surface area contributed by atoms with Crippen LogP contribution in [0.15, 0.2) is 24.3 Å². The molecule has 0 spiro atoms. The maximum absolute atomic E-state index is 12.3. The maximum Gasteiger partial charge on any atom is 0.229 e. The summed E-state index contributed by atoms with van der Waals surface area (Å²) in [6.45, 7) is 4.42. The van der Waals surface area contributed by atoms with Gasteiger partial charge in [0, 0.05) is 20.6 Å². The molecule has 2 rings (SSSR count). The zero-order chi connectivity index (χ0) is 14.7. The molecule has 108 valence electrons. The van der Waals surface area contributed by atoms with Gasteiger partial charge in [0.1, 0.15) is 0 Å². The van der Waals surface area contributed by atoms with Gasteiger partial charge >= 0.3 is 0 Å². The number of hydrogen-bond donors (Lipinski definition) is 0. The third-order valence-electron chi connectivity index (χ3n) is 3.48. The molecule has 0 aliphatic carbocycles. The molecule has 1 aromatic rings. The molecule has 0 aromatic heterocycles. The molecule has 1 heterocycles. The second kappa shape index (κ2) is 6.05. The number of carbonyl (C=O) groups excluding carboxylic acids is 2. The first-order valence-electron chi connectivity index (χ1n) is 6.74. The molecule has 1 aliphatic heterocycles. The Morgan fingerprint density at radius 3 is 2.55 bits per heavy atom. The van der Waals surface area contributed by atoms with Crippen molar-refractivity contribution in [3.63, 3.8) is 0 Å². The van der Waals surface area contributed by atoms with Crippen LogP contribution in [0, 0.1) is 0 Å². The Labute approximate surface area is 119 Å². The Bertz CT molecular complexity index is 516. The number of amides is 2. The highest BCUT2D eigenvalue weighted by molar-refractivity contribution is 6.03. The largest absolute Gasteiger partial charge is 0.384 e. The summed E-state index contributed by atoms with van der Waals surface area (Å²) >= 11 is 0. The van der Waals surface area contributed by atoms with Crippen LogP contribution in [-0.2, 0) is 14.3 Å². The van der Waals surface area contributed by atoms with E-state index in [4.69, 9.17) is 4.74 Å². The number of nitrogens with zero attached hydrogens (tertiary/aromatic N) is 2. The normalized spacial score (nSPS) is 17.9. The minimum absolute atomic E-state index is 0.00561. The zero-order valence-corrected chi connectivity index (χ0v) is 12.1. The summed E-state index contributed by atoms with van der Waals surface area (Å²) in [5.74, 6) is 0.0169. The van der Waals surface area contributed by atoms with Gasteiger partial charge in [-0.3, -0.25) is 9.59 Å². The van der Waals surface area contributed by atoms with E-state index in [0.717, 1.165) is 11.4 Å². The summed E-state index contributed by atoms with van der Waals surface area (Å²) < 4.78 is 4.97. The van der Waals surface area contributed by atoms with E-state index in [1.165, 1.54) is 0 Å². The van der Waals surface area contributed by atoms with E-state index in [1.54, 1.807) is 23.8 Å². The average Bonchev–Trinajstić information content (AvgIpc) is 2.43. The van der Waals surface area contributed by atoms with Gasteiger partial charge in [0.25, 0.3) is 0 Å². The molecule has 1 unspecified atom stereocenters. The summed E-state index contributed by atoms with van der Waals surface area (Å²) in [5.41, 5.74) is 1.59. The molecule has 0 radical (unpaired) electrons. The van der Waals surface area contributed by atoms with E-state index in [0.29, 0.717) is 19.6 Å². The van der Waals surface area contributed by atoms with Crippen molar-refractivity contribution in [3.05, 3.63) is 24.3 Å². The van der Waals surface area contributed by atoms with Crippen LogP contribution in [0.3, 0.4) is 0 Å². The van der Waals surface area contributed by atoms with Crippen LogP contribution in [0.1, 0.15) is 20.3 Å². The van der Waals surface area contributed by atoms with E-state index >= 15 is 0 Å². The first kappa shape index (κ1) is 14.5. The molecule has 0 saturated carbocycles. The van der Waals surface area contributed by atoms with Gasteiger partial charge < -0.3 is 14.5 Å². The van der Waals surface area contributed by atoms with E-state index in [9.17, 15) is 9.59 Å². The van der Waals surface area contributed by atoms with E-state index in [1.807, 2.05) is 31.2 Å². The minimum atomic E-state index is -0.0334. The molecular weight excluding hydrogens is 256 g/mol. The molecule has 20 heavy (non-hydrogen) atoms. The molecular formula is C15H20N2O3. The quantitative estimate of drug-likeness (QED) is 0.846. The second-order valence-corrected chi connectivity index (χ2v) is 4.97. The number of hydrogen-bond acceptors (Lipinski definition) is 3. The van der Waals surface area contributed by atoms with Crippen LogP contribution in [0.25, 0.3) is 0 Å². The van der Waals surface area contributed by atoms with Crippen LogP contribution in [-0.4, -0.2) is 38.1 Å². The Morgan fingerprint density at radius 2 is 1.95 bits per heavy atom. The molecule has 5 nitrogen and oxygen atoms in total. The Morgan fingerprint density at radius 1 is 1.30 bits per heavy atom. The lowest BCUT2D eigenvalue weighted by Gasteiger charge is -2.40. The molecule has 1 aromatic carbocycles. The van der Waals surface area contributed by atoms with Crippen molar-refractivity contribution in [2.75, 3.05) is 30.1 Å². The van der Waals surface area contributed by atoms with Gasteiger partial charge in [0.2, 0.25) is 11.8 Å². The highest BCUT2D eigenvalue weighted by Crippen LogP contribution is 2.35. The lowest BCUT2D eigenvalue weighted by Crippen LogP contribution is -2.51. The number of methoxy groups -OCH3 is 1. The van der Waals surface area contributed by atoms with Crippen LogP contribution < -0.4 is 9.80 Å². The van der Waals surface area contributed by atoms with Gasteiger partial charge in [-0.1, -0.05) is 12.1 Å². The Kier molecular flexibility index (Phi) is 4.39. The number of anilines is 2. The van der Waals surface area contributed by atoms with Gasteiger partial charge in [0.05, 0.1) is 30.4 Å². The van der Waals surface area contributed by atoms with Crippen molar-refractivity contribution in [1.29, 1.82) is 0 Å². The minimum Gasteiger partial charge on any atom is -0.384 e. The summed E-state index contributed by atoms with van der Waals surface area (Å²) in [5, 5.41) is 0. The van der Waals surface area contributed by atoms with Crippen molar-refractivity contribution >= 4 is 23.2 Å². The summed E-state index contributed by atoms with van der Waals surface area (Å²) in [6, 6.07) is 7.48. The van der Waals surface area contributed by atoms with Crippen molar-refractivity contribution < 1.29 is 14.3 Å². The number of rotatable bonds is 3. The van der Waals surface area contributed by atoms with Crippen molar-refractivity contribution in [3.8, 4) is 0 Å². The van der Waals surface area contributed by atoms with Gasteiger partial charge in [-0.25, -0.2) is 0 Å². The summed E-state index contributed by atoms with van der Waals surface area (Å²) in [7, 11) is 1.58. The SMILES string of the molecule is COCCC(=O)N1CC(C)N(C(C)=O)c2ccccc21. The van der Waals surface area contributed by atoms with E-state index in [-0.39, 0.29) is 17.9 Å². The fourth-order valence-corrected chi connectivity index (χ4v) is 2.62. The topological polar surface area (TPSA) is 49.9 Å². The molecule has 0 fully saturated rings. The van der Waals surface area contributed by atoms with Crippen molar-refractivity contribution in [2.45, 2.75) is 26.3 Å². The van der Waals surface area contributed by atoms with Crippen LogP contribution in [0.4, 0.5) is 11.4 Å². The average molecular weight is 276 g/mol. The monoisotopic (exact) mass is 276 g/mol. The molecule has 1 atom stereocenters. The van der Waals surface area contributed by atoms with Gasteiger partial charge in [-0.2, -0.15) is 0 Å². The molecule has 0 saturated heterocycles. The first-order chi connectivity index (χ1) is 9.56. The third kappa shape index (κ3) is 2.67. The zero-order valence-electron chi connectivity index (χ0n) is 12.1. The lowest BCUT2D eigenvalue weighted by atomic mass is 10.1. The predicted octanol–water partition coefficient (Wildman–Crippen LogP) is 1.81. The maximum atomic E-state index is 12.3. The lowest BCUT2D eigenvalue weighted by molar-refractivity contribution is -0.120. The smallest absolute Gasteiger partial charge is 0.229 e. The van der Waals surface area contributed by atoms with E-state index < -0.39 is 0 Å². The van der Waals surface area contributed by atoms with Crippen molar-refractivity contribution in [2.24, 2.45) is 0 Å². The van der Waals surface area contributed by atoms with Gasteiger partial charge in [0.15, 0.2) is 0 Å². The predicted molar refractivity (Wildman–Crippen MR) is 77.9 cm³/mol. The fourth-order valence-electron chi connectivity index (χ4n) is 2.62. The van der Waals surface area contributed by atoms with E-state index in [2.05, 4.69) is 0 Å². The molecule has 5 heteroatoms. The Balaban J connectivity index is 2.35. The van der Waals surface area contributed by atoms with Crippen LogP contribution >= 0.6 is 0 Å². The Hall–Kier alpha value is -1.88. The van der Waals surface area contributed by atoms with Crippen LogP contribution in [0.5, 0.6) is 0 Å². The summed E-state index contributed by atoms with van der Waals surface area (Å²) in [6.07, 6.45) is 0.345. The fraction of sp³-hybridized carbons (Fsp3) is 0.467. The molecule has 0 N–H and O–H groups in total. The van der Waals surface area contributed by atoms with Gasteiger partial charge in [-0.15, -0.1) is 0 Å². The van der Waals surface area contributed by atoms with Crippen LogP contribution in [0.2, 0.25) is 0 Å².